The predicted molar refractivity (Wildman–Crippen MR) is 327 cm³/mol. The molecule has 0 aromatic rings. The zero-order valence-corrected chi connectivity index (χ0v) is 50.7. The lowest BCUT2D eigenvalue weighted by Gasteiger charge is -2.25. The van der Waals surface area contributed by atoms with Gasteiger partial charge in [-0.1, -0.05) is 279 Å². The van der Waals surface area contributed by atoms with E-state index in [9.17, 15) is 19.4 Å². The Labute approximate surface area is 465 Å². The van der Waals surface area contributed by atoms with Gasteiger partial charge < -0.3 is 19.8 Å². The van der Waals surface area contributed by atoms with Crippen LogP contribution in [0.4, 0.5) is 0 Å². The number of phosphoric acid groups is 1. The van der Waals surface area contributed by atoms with Crippen LogP contribution in [0.3, 0.4) is 0 Å². The van der Waals surface area contributed by atoms with Crippen LogP contribution in [0.15, 0.2) is 85.1 Å². The number of aliphatic hydroxyl groups is 1. The minimum absolute atomic E-state index is 0.0540. The van der Waals surface area contributed by atoms with Crippen molar-refractivity contribution in [2.75, 3.05) is 40.9 Å². The fraction of sp³-hybridized carbons (Fsp3) is 0.773. The number of nitrogens with zero attached hydrogens (tertiary/aromatic N) is 1. The molecule has 75 heavy (non-hydrogen) atoms. The zero-order chi connectivity index (χ0) is 54.9. The number of quaternary nitrogens is 1. The van der Waals surface area contributed by atoms with Crippen LogP contribution >= 0.6 is 7.82 Å². The Morgan fingerprint density at radius 3 is 1.23 bits per heavy atom. The maximum Gasteiger partial charge on any atom is 0.472 e. The molecule has 0 radical (unpaired) electrons. The fourth-order valence-electron chi connectivity index (χ4n) is 8.97. The minimum atomic E-state index is -4.36. The van der Waals surface area contributed by atoms with E-state index in [0.717, 1.165) is 70.6 Å². The molecule has 0 aromatic heterocycles. The number of allylic oxidation sites excluding steroid dienone is 13. The van der Waals surface area contributed by atoms with Gasteiger partial charge in [0.1, 0.15) is 13.2 Å². The first-order chi connectivity index (χ1) is 36.5. The average Bonchev–Trinajstić information content (AvgIpc) is 3.37. The van der Waals surface area contributed by atoms with E-state index in [-0.39, 0.29) is 19.1 Å². The number of amides is 1. The van der Waals surface area contributed by atoms with Crippen LogP contribution in [0.5, 0.6) is 0 Å². The number of unbranched alkanes of at least 4 members (excludes halogenated alkanes) is 32. The lowest BCUT2D eigenvalue weighted by Crippen LogP contribution is -2.45. The summed E-state index contributed by atoms with van der Waals surface area (Å²) < 4.78 is 23.7. The molecule has 0 saturated carbocycles. The van der Waals surface area contributed by atoms with E-state index in [1.165, 1.54) is 186 Å². The molecule has 1 amide bonds. The number of nitrogens with one attached hydrogen (secondary N) is 1. The molecule has 0 bridgehead atoms. The molecule has 0 fully saturated rings. The number of aliphatic hydroxyl groups excluding tert-OH is 1. The normalized spacial score (nSPS) is 14.4. The second kappa shape index (κ2) is 56.4. The maximum atomic E-state index is 13.0. The van der Waals surface area contributed by atoms with Gasteiger partial charge in [0.2, 0.25) is 5.91 Å². The van der Waals surface area contributed by atoms with Crippen molar-refractivity contribution in [1.29, 1.82) is 0 Å². The summed E-state index contributed by atoms with van der Waals surface area (Å²) in [6.45, 7) is 4.70. The molecule has 3 N–H and O–H groups in total. The van der Waals surface area contributed by atoms with E-state index in [0.29, 0.717) is 17.4 Å². The maximum absolute atomic E-state index is 13.0. The number of rotatable bonds is 57. The predicted octanol–water partition coefficient (Wildman–Crippen LogP) is 19.6. The van der Waals surface area contributed by atoms with Crippen LogP contribution < -0.4 is 5.32 Å². The number of carbonyl (C=O) groups is 1. The molecule has 0 aromatic carbocycles. The Balaban J connectivity index is 4.16. The van der Waals surface area contributed by atoms with Gasteiger partial charge in [-0.05, 0) is 77.0 Å². The van der Waals surface area contributed by atoms with Crippen molar-refractivity contribution in [2.45, 2.75) is 289 Å². The molecule has 0 rings (SSSR count). The molecular formula is C66H122N2O6P+. The molecular weight excluding hydrogens is 948 g/mol. The van der Waals surface area contributed by atoms with Crippen LogP contribution in [0.2, 0.25) is 0 Å². The van der Waals surface area contributed by atoms with Crippen molar-refractivity contribution >= 4 is 13.7 Å². The third-order valence-electron chi connectivity index (χ3n) is 13.8. The molecule has 3 unspecified atom stereocenters. The summed E-state index contributed by atoms with van der Waals surface area (Å²) in [6, 6.07) is -0.868. The highest BCUT2D eigenvalue weighted by Gasteiger charge is 2.27. The Morgan fingerprint density at radius 2 is 0.813 bits per heavy atom. The summed E-state index contributed by atoms with van der Waals surface area (Å²) in [7, 11) is 1.55. The topological polar surface area (TPSA) is 105 Å². The van der Waals surface area contributed by atoms with Crippen LogP contribution in [-0.4, -0.2) is 73.4 Å². The van der Waals surface area contributed by atoms with Crippen molar-refractivity contribution in [1.82, 2.24) is 5.32 Å². The van der Waals surface area contributed by atoms with Gasteiger partial charge in [-0.3, -0.25) is 13.8 Å². The van der Waals surface area contributed by atoms with E-state index in [4.69, 9.17) is 9.05 Å². The van der Waals surface area contributed by atoms with Gasteiger partial charge in [-0.2, -0.15) is 0 Å². The molecule has 3 atom stereocenters. The molecule has 0 aliphatic rings. The molecule has 0 aliphatic carbocycles. The van der Waals surface area contributed by atoms with Gasteiger partial charge >= 0.3 is 7.82 Å². The highest BCUT2D eigenvalue weighted by atomic mass is 31.2. The summed E-state index contributed by atoms with van der Waals surface area (Å²) in [5.41, 5.74) is 0. The largest absolute Gasteiger partial charge is 0.472 e. The average molecular weight is 1070 g/mol. The van der Waals surface area contributed by atoms with Crippen LogP contribution in [0.25, 0.3) is 0 Å². The van der Waals surface area contributed by atoms with Crippen molar-refractivity contribution in [3.63, 3.8) is 0 Å². The van der Waals surface area contributed by atoms with E-state index in [2.05, 4.69) is 92.1 Å². The van der Waals surface area contributed by atoms with E-state index >= 15 is 0 Å². The van der Waals surface area contributed by atoms with Crippen molar-refractivity contribution in [3.8, 4) is 0 Å². The molecule has 436 valence electrons. The summed E-state index contributed by atoms with van der Waals surface area (Å²) in [4.78, 5) is 23.4. The number of likely N-dealkylation sites (N-methyl/N-ethyl adjacent to an activating group) is 1. The summed E-state index contributed by atoms with van der Waals surface area (Å²) in [6.07, 6.45) is 79.9. The molecule has 0 aliphatic heterocycles. The van der Waals surface area contributed by atoms with Crippen molar-refractivity contribution in [2.24, 2.45) is 0 Å². The number of carbonyl (C=O) groups excluding carboxylic acids is 1. The highest BCUT2D eigenvalue weighted by molar-refractivity contribution is 7.47. The molecule has 8 nitrogen and oxygen atoms in total. The number of hydrogen-bond acceptors (Lipinski definition) is 5. The summed E-state index contributed by atoms with van der Waals surface area (Å²) in [5.74, 6) is -0.187. The third kappa shape index (κ3) is 59.2. The lowest BCUT2D eigenvalue weighted by atomic mass is 10.0. The first-order valence-electron chi connectivity index (χ1n) is 31.5. The van der Waals surface area contributed by atoms with Crippen LogP contribution in [0.1, 0.15) is 277 Å². The Morgan fingerprint density at radius 1 is 0.467 bits per heavy atom. The summed E-state index contributed by atoms with van der Waals surface area (Å²) in [5, 5.41) is 14.0. The zero-order valence-electron chi connectivity index (χ0n) is 49.8. The lowest BCUT2D eigenvalue weighted by molar-refractivity contribution is -0.870. The van der Waals surface area contributed by atoms with Gasteiger partial charge in [0.15, 0.2) is 0 Å². The monoisotopic (exact) mass is 1070 g/mol. The Hall–Kier alpha value is -2.32. The van der Waals surface area contributed by atoms with E-state index < -0.39 is 20.0 Å². The van der Waals surface area contributed by atoms with E-state index in [1.54, 1.807) is 6.08 Å². The standard InChI is InChI=1S/C66H121N2O6P/c1-6-8-10-12-14-16-18-20-22-24-26-28-30-31-32-33-34-35-36-37-38-40-42-44-46-48-50-52-54-56-58-60-66(70)67-64(63-74-75(71,72)73-62-61-68(3,4)5)65(69)59-57-55-53-51-49-47-45-43-41-39-29-27-25-23-21-19-17-15-13-11-9-7-2/h8,10,14,16,20,22,26,28,31-32,49,51,57,59,64-65,69H,6-7,9,11-13,15,17-19,21,23-25,27,29-30,33-48,50,52-56,58,60-63H2,1-5H3,(H-,67,70,71,72)/p+1/b10-8-,16-14-,22-20-,28-26-,32-31-,51-49+,59-57+. The number of phosphoric ester groups is 1. The first kappa shape index (κ1) is 72.7. The quantitative estimate of drug-likeness (QED) is 0.0243. The highest BCUT2D eigenvalue weighted by Crippen LogP contribution is 2.43. The second-order valence-corrected chi connectivity index (χ2v) is 23.8. The smallest absolute Gasteiger partial charge is 0.387 e. The van der Waals surface area contributed by atoms with Crippen LogP contribution in [-0.2, 0) is 18.4 Å². The van der Waals surface area contributed by atoms with Crippen LogP contribution in [0, 0.1) is 0 Å². The molecule has 0 saturated heterocycles. The van der Waals surface area contributed by atoms with Crippen molar-refractivity contribution in [3.05, 3.63) is 85.1 Å². The van der Waals surface area contributed by atoms with E-state index in [1.807, 2.05) is 27.2 Å². The van der Waals surface area contributed by atoms with Gasteiger partial charge in [-0.15, -0.1) is 0 Å². The van der Waals surface area contributed by atoms with Gasteiger partial charge in [-0.25, -0.2) is 4.57 Å². The summed E-state index contributed by atoms with van der Waals surface area (Å²) >= 11 is 0. The molecule has 0 spiro atoms. The van der Waals surface area contributed by atoms with Crippen molar-refractivity contribution < 1.29 is 32.9 Å². The Bertz CT molecular complexity index is 1500. The Kier molecular flexibility index (Phi) is 54.7. The third-order valence-corrected chi connectivity index (χ3v) is 14.8. The van der Waals surface area contributed by atoms with Gasteiger partial charge in [0.25, 0.3) is 0 Å². The fourth-order valence-corrected chi connectivity index (χ4v) is 9.70. The first-order valence-corrected chi connectivity index (χ1v) is 33.0. The minimum Gasteiger partial charge on any atom is -0.387 e. The number of hydrogen-bond donors (Lipinski definition) is 3. The second-order valence-electron chi connectivity index (χ2n) is 22.4. The SMILES string of the molecule is CC/C=C\C/C=C\C/C=C\C/C=C\C/C=C\CCCCCCCCCCCCCCCCCC(=O)NC(COP(=O)(O)OCC[N+](C)(C)C)C(O)/C=C/CC/C=C/CCCCCCCCCCCCCCCCCC. The molecule has 0 heterocycles. The van der Waals surface area contributed by atoms with Gasteiger partial charge in [0, 0.05) is 6.42 Å². The molecule has 9 heteroatoms. The van der Waals surface area contributed by atoms with Gasteiger partial charge in [0.05, 0.1) is 39.9 Å².